The van der Waals surface area contributed by atoms with Crippen LogP contribution in [0.5, 0.6) is 5.75 Å². The van der Waals surface area contributed by atoms with Crippen molar-refractivity contribution in [1.29, 1.82) is 0 Å². The van der Waals surface area contributed by atoms with Crippen LogP contribution in [0.25, 0.3) is 11.1 Å². The smallest absolute Gasteiger partial charge is 0.311 e. The molecule has 2 aromatic rings. The van der Waals surface area contributed by atoms with E-state index < -0.39 is 0 Å². The molecule has 0 radical (unpaired) electrons. The van der Waals surface area contributed by atoms with E-state index in [1.54, 1.807) is 16.9 Å². The highest BCUT2D eigenvalue weighted by Crippen LogP contribution is 2.42. The molecule has 1 aromatic carbocycles. The van der Waals surface area contributed by atoms with E-state index in [1.807, 2.05) is 19.3 Å². The number of nitrogens with one attached hydrogen (secondary N) is 1. The van der Waals surface area contributed by atoms with Gasteiger partial charge in [-0.2, -0.15) is 5.10 Å². The summed E-state index contributed by atoms with van der Waals surface area (Å²) in [5.41, 5.74) is 3.30. The van der Waals surface area contributed by atoms with E-state index in [2.05, 4.69) is 20.2 Å². The van der Waals surface area contributed by atoms with E-state index in [0.29, 0.717) is 17.1 Å². The number of likely N-dealkylation sites (tertiary alicyclic amines) is 1. The summed E-state index contributed by atoms with van der Waals surface area (Å²) in [5, 5.41) is 19.5. The Labute approximate surface area is 207 Å². The molecule has 3 saturated heterocycles. The minimum absolute atomic E-state index is 0.0124. The zero-order chi connectivity index (χ0) is 24.4. The molecule has 1 aromatic heterocycles. The molecule has 190 valence electrons. The standard InChI is InChI=1S/C26H38N6O3/c1-29-19-21(17-28-29)22-15-24(32(33)34)25(35-2)16-23(22)31-11-3-20(4-12-31)18-30-13-7-26(8-14-30)5-9-27-10-6-26/h15-17,19-20,27H,3-14,18H2,1-2H3. The first kappa shape index (κ1) is 24.1. The number of hydrogen-bond acceptors (Lipinski definition) is 7. The van der Waals surface area contributed by atoms with E-state index in [-0.39, 0.29) is 10.6 Å². The first-order chi connectivity index (χ1) is 17.0. The van der Waals surface area contributed by atoms with Crippen molar-refractivity contribution in [3.63, 3.8) is 0 Å². The first-order valence-electron chi connectivity index (χ1n) is 13.0. The molecule has 0 unspecified atom stereocenters. The van der Waals surface area contributed by atoms with Gasteiger partial charge in [-0.25, -0.2) is 0 Å². The molecule has 3 aliphatic rings. The molecular weight excluding hydrogens is 444 g/mol. The van der Waals surface area contributed by atoms with Crippen molar-refractivity contribution < 1.29 is 9.66 Å². The van der Waals surface area contributed by atoms with Crippen LogP contribution in [-0.4, -0.2) is 72.5 Å². The third kappa shape index (κ3) is 5.16. The number of benzene rings is 1. The summed E-state index contributed by atoms with van der Waals surface area (Å²) in [6.07, 6.45) is 11.3. The van der Waals surface area contributed by atoms with Gasteiger partial charge in [0, 0.05) is 61.8 Å². The first-order valence-corrected chi connectivity index (χ1v) is 13.0. The maximum absolute atomic E-state index is 11.7. The molecule has 0 atom stereocenters. The number of aromatic nitrogens is 2. The van der Waals surface area contributed by atoms with E-state index in [0.717, 1.165) is 42.7 Å². The summed E-state index contributed by atoms with van der Waals surface area (Å²) in [4.78, 5) is 16.4. The van der Waals surface area contributed by atoms with E-state index in [1.165, 1.54) is 65.5 Å². The highest BCUT2D eigenvalue weighted by Gasteiger charge is 2.36. The lowest BCUT2D eigenvalue weighted by Gasteiger charge is -2.45. The minimum atomic E-state index is -0.374. The van der Waals surface area contributed by atoms with Gasteiger partial charge in [0.15, 0.2) is 5.75 Å². The largest absolute Gasteiger partial charge is 0.490 e. The Bertz CT molecular complexity index is 1030. The van der Waals surface area contributed by atoms with Gasteiger partial charge in [0.25, 0.3) is 0 Å². The molecule has 0 aliphatic carbocycles. The molecule has 3 aliphatic heterocycles. The number of ether oxygens (including phenoxy) is 1. The van der Waals surface area contributed by atoms with Gasteiger partial charge in [0.1, 0.15) is 0 Å². The molecule has 3 fully saturated rings. The summed E-state index contributed by atoms with van der Waals surface area (Å²) in [5.74, 6) is 1.01. The van der Waals surface area contributed by atoms with Crippen LogP contribution in [0, 0.1) is 21.4 Å². The Kier molecular flexibility index (Phi) is 6.98. The van der Waals surface area contributed by atoms with E-state index in [9.17, 15) is 10.1 Å². The average Bonchev–Trinajstić information content (AvgIpc) is 3.32. The Morgan fingerprint density at radius 1 is 1.14 bits per heavy atom. The molecular formula is C26H38N6O3. The Morgan fingerprint density at radius 2 is 1.86 bits per heavy atom. The molecule has 9 heteroatoms. The molecule has 9 nitrogen and oxygen atoms in total. The summed E-state index contributed by atoms with van der Waals surface area (Å²) < 4.78 is 7.13. The second-order valence-corrected chi connectivity index (χ2v) is 10.7. The van der Waals surface area contributed by atoms with Gasteiger partial charge in [-0.15, -0.1) is 0 Å². The molecule has 5 rings (SSSR count). The number of rotatable bonds is 6. The normalized spacial score (nSPS) is 21.4. The van der Waals surface area contributed by atoms with Crippen molar-refractivity contribution in [2.24, 2.45) is 18.4 Å². The molecule has 35 heavy (non-hydrogen) atoms. The zero-order valence-electron chi connectivity index (χ0n) is 21.0. The predicted octanol–water partition coefficient (Wildman–Crippen LogP) is 3.69. The number of nitro groups is 1. The van der Waals surface area contributed by atoms with Crippen molar-refractivity contribution in [3.05, 3.63) is 34.6 Å². The summed E-state index contributed by atoms with van der Waals surface area (Å²) in [7, 11) is 3.36. The lowest BCUT2D eigenvalue weighted by Crippen LogP contribution is -2.47. The van der Waals surface area contributed by atoms with Gasteiger partial charge >= 0.3 is 5.69 Å². The fourth-order valence-electron chi connectivity index (χ4n) is 6.31. The number of piperidine rings is 3. The quantitative estimate of drug-likeness (QED) is 0.496. The Hall–Kier alpha value is -2.65. The second kappa shape index (κ2) is 10.1. The summed E-state index contributed by atoms with van der Waals surface area (Å²) in [6, 6.07) is 3.48. The zero-order valence-corrected chi connectivity index (χ0v) is 21.0. The maximum Gasteiger partial charge on any atom is 0.311 e. The number of aryl methyl sites for hydroxylation is 1. The van der Waals surface area contributed by atoms with Gasteiger partial charge < -0.3 is 19.9 Å². The lowest BCUT2D eigenvalue weighted by atomic mass is 9.71. The van der Waals surface area contributed by atoms with Crippen LogP contribution >= 0.6 is 0 Å². The maximum atomic E-state index is 11.7. The van der Waals surface area contributed by atoms with E-state index in [4.69, 9.17) is 4.74 Å². The lowest BCUT2D eigenvalue weighted by molar-refractivity contribution is -0.385. The van der Waals surface area contributed by atoms with Crippen LogP contribution in [0.2, 0.25) is 0 Å². The summed E-state index contributed by atoms with van der Waals surface area (Å²) >= 11 is 0. The molecule has 1 N–H and O–H groups in total. The van der Waals surface area contributed by atoms with Gasteiger partial charge in [-0.05, 0) is 76.0 Å². The Morgan fingerprint density at radius 3 is 2.46 bits per heavy atom. The van der Waals surface area contributed by atoms with Crippen LogP contribution in [0.1, 0.15) is 38.5 Å². The number of methoxy groups -OCH3 is 1. The predicted molar refractivity (Wildman–Crippen MR) is 137 cm³/mol. The van der Waals surface area contributed by atoms with Gasteiger partial charge in [-0.1, -0.05) is 0 Å². The van der Waals surface area contributed by atoms with Gasteiger partial charge in [-0.3, -0.25) is 14.8 Å². The second-order valence-electron chi connectivity index (χ2n) is 10.7. The van der Waals surface area contributed by atoms with Gasteiger partial charge in [0.05, 0.1) is 18.2 Å². The number of nitrogens with zero attached hydrogens (tertiary/aromatic N) is 5. The fourth-order valence-corrected chi connectivity index (χ4v) is 6.31. The van der Waals surface area contributed by atoms with Crippen LogP contribution in [-0.2, 0) is 7.05 Å². The van der Waals surface area contributed by atoms with Crippen molar-refractivity contribution in [3.8, 4) is 16.9 Å². The summed E-state index contributed by atoms with van der Waals surface area (Å²) in [6.45, 7) is 7.95. The third-order valence-corrected chi connectivity index (χ3v) is 8.56. The highest BCUT2D eigenvalue weighted by atomic mass is 16.6. The molecule has 0 bridgehead atoms. The van der Waals surface area contributed by atoms with Crippen LogP contribution in [0.4, 0.5) is 11.4 Å². The molecule has 1 spiro atoms. The fraction of sp³-hybridized carbons (Fsp3) is 0.654. The monoisotopic (exact) mass is 482 g/mol. The van der Waals surface area contributed by atoms with Crippen molar-refractivity contribution in [2.45, 2.75) is 38.5 Å². The Balaban J connectivity index is 1.25. The molecule has 4 heterocycles. The van der Waals surface area contributed by atoms with Crippen molar-refractivity contribution in [1.82, 2.24) is 20.0 Å². The van der Waals surface area contributed by atoms with Crippen molar-refractivity contribution >= 4 is 11.4 Å². The van der Waals surface area contributed by atoms with Crippen LogP contribution in [0.3, 0.4) is 0 Å². The molecule has 0 saturated carbocycles. The SMILES string of the molecule is COc1cc(N2CCC(CN3CCC4(CCNCC4)CC3)CC2)c(-c2cnn(C)c2)cc1[N+](=O)[O-]. The van der Waals surface area contributed by atoms with Gasteiger partial charge in [0.2, 0.25) is 0 Å². The van der Waals surface area contributed by atoms with E-state index >= 15 is 0 Å². The average molecular weight is 483 g/mol. The van der Waals surface area contributed by atoms with Crippen LogP contribution in [0.15, 0.2) is 24.5 Å². The van der Waals surface area contributed by atoms with Crippen LogP contribution < -0.4 is 15.0 Å². The minimum Gasteiger partial charge on any atom is -0.490 e. The number of nitro benzene ring substituents is 1. The highest BCUT2D eigenvalue weighted by molar-refractivity contribution is 5.82. The third-order valence-electron chi connectivity index (χ3n) is 8.56. The number of hydrogen-bond donors (Lipinski definition) is 1. The topological polar surface area (TPSA) is 88.7 Å². The molecule has 0 amide bonds. The number of anilines is 1. The van der Waals surface area contributed by atoms with Crippen molar-refractivity contribution in [2.75, 3.05) is 57.8 Å².